The highest BCUT2D eigenvalue weighted by atomic mass is 35.5. The summed E-state index contributed by atoms with van der Waals surface area (Å²) < 4.78 is 0. The van der Waals surface area contributed by atoms with E-state index >= 15 is 0 Å². The molecule has 2 heterocycles. The van der Waals surface area contributed by atoms with Gasteiger partial charge in [0.1, 0.15) is 17.1 Å². The molecular formula is C32H24Cl2N2O8. The summed E-state index contributed by atoms with van der Waals surface area (Å²) >= 11 is 14.4. The first-order valence-electron chi connectivity index (χ1n) is 13.9. The topological polar surface area (TPSA) is 153 Å². The first-order valence-corrected chi connectivity index (χ1v) is 14.6. The number of carboxylic acids is 1. The third kappa shape index (κ3) is 3.40. The summed E-state index contributed by atoms with van der Waals surface area (Å²) in [4.78, 5) is 64.4. The Balaban J connectivity index is 1.39. The van der Waals surface area contributed by atoms with Crippen molar-refractivity contribution in [2.24, 2.45) is 17.8 Å². The number of likely N-dealkylation sites (tertiary alicyclic amines) is 1. The summed E-state index contributed by atoms with van der Waals surface area (Å²) in [5.41, 5.74) is 0.386. The molecule has 0 radical (unpaired) electrons. The van der Waals surface area contributed by atoms with Crippen LogP contribution in [0.2, 0.25) is 0 Å². The zero-order chi connectivity index (χ0) is 31.5. The van der Waals surface area contributed by atoms with Crippen LogP contribution in [-0.4, -0.2) is 66.6 Å². The highest BCUT2D eigenvalue weighted by molar-refractivity contribution is 6.53. The summed E-state index contributed by atoms with van der Waals surface area (Å²) in [6.45, 7) is 0. The minimum atomic E-state index is -2.04. The van der Waals surface area contributed by atoms with Gasteiger partial charge in [-0.15, -0.1) is 23.2 Å². The summed E-state index contributed by atoms with van der Waals surface area (Å²) in [5.74, 6) is -8.57. The minimum Gasteiger partial charge on any atom is -0.507 e. The monoisotopic (exact) mass is 634 g/mol. The number of fused-ring (bicyclic) bond motifs is 5. The molecule has 224 valence electrons. The molecule has 2 aliphatic carbocycles. The molecule has 2 saturated heterocycles. The lowest BCUT2D eigenvalue weighted by molar-refractivity contribution is -0.138. The number of benzene rings is 3. The van der Waals surface area contributed by atoms with Gasteiger partial charge >= 0.3 is 5.97 Å². The minimum absolute atomic E-state index is 0.00267. The van der Waals surface area contributed by atoms with E-state index in [9.17, 15) is 39.3 Å². The number of hydrogen-bond acceptors (Lipinski definition) is 7. The van der Waals surface area contributed by atoms with Crippen LogP contribution in [0.1, 0.15) is 34.7 Å². The Labute approximate surface area is 260 Å². The summed E-state index contributed by atoms with van der Waals surface area (Å²) in [6.07, 6.45) is 1.63. The van der Waals surface area contributed by atoms with E-state index in [2.05, 4.69) is 0 Å². The molecule has 44 heavy (non-hydrogen) atoms. The second kappa shape index (κ2) is 9.30. The number of allylic oxidation sites excluding steroid dienone is 2. The number of carbonyl (C=O) groups excluding carboxylic acids is 4. The van der Waals surface area contributed by atoms with E-state index in [1.165, 1.54) is 13.1 Å². The van der Waals surface area contributed by atoms with Gasteiger partial charge in [0.2, 0.25) is 11.8 Å². The molecule has 0 unspecified atom stereocenters. The number of phenols is 2. The fraction of sp³-hybridized carbons (Fsp3) is 0.281. The summed E-state index contributed by atoms with van der Waals surface area (Å²) in [5, 5.41) is 32.3. The van der Waals surface area contributed by atoms with Crippen molar-refractivity contribution in [3.05, 3.63) is 77.4 Å². The van der Waals surface area contributed by atoms with E-state index in [1.54, 1.807) is 30.3 Å². The molecule has 0 spiro atoms. The number of anilines is 1. The fourth-order valence-corrected chi connectivity index (χ4v) is 8.70. The van der Waals surface area contributed by atoms with Gasteiger partial charge in [0.15, 0.2) is 9.75 Å². The molecule has 0 aromatic heterocycles. The van der Waals surface area contributed by atoms with Crippen molar-refractivity contribution in [1.82, 2.24) is 4.90 Å². The number of amides is 4. The van der Waals surface area contributed by atoms with Gasteiger partial charge in [0.25, 0.3) is 11.8 Å². The predicted molar refractivity (Wildman–Crippen MR) is 159 cm³/mol. The van der Waals surface area contributed by atoms with E-state index in [1.807, 2.05) is 12.1 Å². The molecule has 4 amide bonds. The number of alkyl halides is 2. The molecule has 12 heteroatoms. The molecule has 4 aliphatic rings. The molecule has 0 bridgehead atoms. The van der Waals surface area contributed by atoms with Gasteiger partial charge in [-0.25, -0.2) is 9.69 Å². The van der Waals surface area contributed by atoms with Crippen molar-refractivity contribution < 1.29 is 39.3 Å². The lowest BCUT2D eigenvalue weighted by Crippen LogP contribution is -2.60. The normalized spacial score (nSPS) is 31.2. The van der Waals surface area contributed by atoms with Crippen LogP contribution < -0.4 is 4.90 Å². The smallest absolute Gasteiger partial charge is 0.339 e. The average Bonchev–Trinajstić information content (AvgIpc) is 3.32. The number of phenolic OH excluding ortho intramolecular Hbond substituents is 1. The Kier molecular flexibility index (Phi) is 5.99. The van der Waals surface area contributed by atoms with Crippen LogP contribution in [0.4, 0.5) is 5.69 Å². The molecule has 2 aliphatic heterocycles. The molecule has 10 nitrogen and oxygen atoms in total. The number of halogens is 2. The highest BCUT2D eigenvalue weighted by Crippen LogP contribution is 2.66. The number of aromatic hydroxyl groups is 2. The van der Waals surface area contributed by atoms with Crippen LogP contribution in [0, 0.1) is 17.8 Å². The van der Waals surface area contributed by atoms with Gasteiger partial charge in [0, 0.05) is 30.0 Å². The van der Waals surface area contributed by atoms with E-state index in [0.29, 0.717) is 11.0 Å². The van der Waals surface area contributed by atoms with Gasteiger partial charge in [-0.05, 0) is 36.3 Å². The number of imide groups is 2. The maximum atomic E-state index is 14.1. The van der Waals surface area contributed by atoms with Crippen molar-refractivity contribution in [2.45, 2.75) is 28.5 Å². The van der Waals surface area contributed by atoms with Crippen molar-refractivity contribution in [3.8, 4) is 11.5 Å². The second-order valence-corrected chi connectivity index (χ2v) is 13.0. The molecule has 3 aromatic carbocycles. The number of aromatic carboxylic acids is 1. The Morgan fingerprint density at radius 2 is 1.66 bits per heavy atom. The fourth-order valence-electron chi connectivity index (χ4n) is 7.69. The Hall–Kier alpha value is -4.41. The second-order valence-electron chi connectivity index (χ2n) is 11.7. The third-order valence-electron chi connectivity index (χ3n) is 9.73. The first kappa shape index (κ1) is 28.4. The Morgan fingerprint density at radius 1 is 0.932 bits per heavy atom. The maximum Gasteiger partial charge on any atom is 0.339 e. The Morgan fingerprint density at radius 3 is 2.36 bits per heavy atom. The molecular weight excluding hydrogens is 611 g/mol. The van der Waals surface area contributed by atoms with Gasteiger partial charge in [0.05, 0.1) is 17.5 Å². The highest BCUT2D eigenvalue weighted by Gasteiger charge is 2.76. The first-order chi connectivity index (χ1) is 20.8. The van der Waals surface area contributed by atoms with Crippen LogP contribution in [-0.2, 0) is 19.2 Å². The number of rotatable bonds is 3. The van der Waals surface area contributed by atoms with Gasteiger partial charge in [-0.1, -0.05) is 48.0 Å². The van der Waals surface area contributed by atoms with Crippen molar-refractivity contribution >= 4 is 69.3 Å². The lowest BCUT2D eigenvalue weighted by atomic mass is 9.56. The van der Waals surface area contributed by atoms with Crippen molar-refractivity contribution in [3.63, 3.8) is 0 Å². The van der Waals surface area contributed by atoms with Crippen LogP contribution in [0.5, 0.6) is 11.5 Å². The number of hydrogen-bond donors (Lipinski definition) is 3. The maximum absolute atomic E-state index is 14.1. The van der Waals surface area contributed by atoms with Gasteiger partial charge in [-0.2, -0.15) is 0 Å². The largest absolute Gasteiger partial charge is 0.507 e. The number of nitrogens with zero attached hydrogens (tertiary/aromatic N) is 2. The molecule has 3 N–H and O–H groups in total. The van der Waals surface area contributed by atoms with Gasteiger partial charge in [-0.3, -0.25) is 24.1 Å². The zero-order valence-corrected chi connectivity index (χ0v) is 24.5. The third-order valence-corrected chi connectivity index (χ3v) is 11.1. The van der Waals surface area contributed by atoms with Crippen LogP contribution in [0.15, 0.2) is 66.2 Å². The van der Waals surface area contributed by atoms with E-state index < -0.39 is 74.3 Å². The Bertz CT molecular complexity index is 1910. The SMILES string of the molecule is CN1C(=O)[C@]2(Cl)C[C@@H]3C(=CC[C@@H]4C(=O)N(c5ccc(C(=O)O)c(O)c5)C(=O)[C@@H]43)[C@H](c3ccc4ccccc4c3O)[C@]2(Cl)C1=O. The van der Waals surface area contributed by atoms with E-state index in [0.717, 1.165) is 27.3 Å². The van der Waals surface area contributed by atoms with E-state index in [4.69, 9.17) is 23.2 Å². The van der Waals surface area contributed by atoms with Gasteiger partial charge < -0.3 is 15.3 Å². The average molecular weight is 635 g/mol. The molecule has 3 fully saturated rings. The summed E-state index contributed by atoms with van der Waals surface area (Å²) in [7, 11) is 1.29. The summed E-state index contributed by atoms with van der Waals surface area (Å²) in [6, 6.07) is 13.9. The van der Waals surface area contributed by atoms with E-state index in [-0.39, 0.29) is 29.8 Å². The van der Waals surface area contributed by atoms with Crippen molar-refractivity contribution in [2.75, 3.05) is 11.9 Å². The quantitative estimate of drug-likeness (QED) is 0.221. The zero-order valence-electron chi connectivity index (χ0n) is 23.0. The molecule has 3 aromatic rings. The molecule has 6 atom stereocenters. The number of carbonyl (C=O) groups is 5. The van der Waals surface area contributed by atoms with Crippen LogP contribution in [0.3, 0.4) is 0 Å². The lowest BCUT2D eigenvalue weighted by Gasteiger charge is -2.50. The molecule has 7 rings (SSSR count). The standard InChI is InChI=1S/C32H24Cl2N2O8/c1-35-29(43)31(33)13-21-17(24(32(31,34)30(35)44)20-8-6-14-4-2-3-5-16(14)25(20)38)10-11-19-23(21)27(40)36(26(19)39)15-7-9-18(28(41)42)22(37)12-15/h2-10,12,19,21,23-24,37-38H,11,13H2,1H3,(H,41,42)/t19-,21+,23-,24+,31+,32-/m0/s1. The van der Waals surface area contributed by atoms with Crippen molar-refractivity contribution in [1.29, 1.82) is 0 Å². The predicted octanol–water partition coefficient (Wildman–Crippen LogP) is 4.14. The number of carboxylic acid groups (broad SMARTS) is 1. The van der Waals surface area contributed by atoms with Crippen LogP contribution in [0.25, 0.3) is 10.8 Å². The van der Waals surface area contributed by atoms with Crippen LogP contribution >= 0.6 is 23.2 Å². The molecule has 1 saturated carbocycles.